The fraction of sp³-hybridized carbons (Fsp3) is 0. The maximum atomic E-state index is 12.0. The number of nitriles is 1. The Bertz CT molecular complexity index is 677. The number of nitrogens with one attached hydrogen (secondary N) is 1. The molecule has 0 unspecified atom stereocenters. The number of halogens is 2. The van der Waals surface area contributed by atoms with Gasteiger partial charge < -0.3 is 5.32 Å². The van der Waals surface area contributed by atoms with Gasteiger partial charge in [-0.25, -0.2) is 0 Å². The number of carbonyl (C=O) groups is 1. The second-order valence-electron chi connectivity index (χ2n) is 3.75. The predicted octanol–water partition coefficient (Wildman–Crippen LogP) is 4.12. The smallest absolute Gasteiger partial charge is 0.255 e. The van der Waals surface area contributed by atoms with Crippen LogP contribution in [0.25, 0.3) is 0 Å². The standard InChI is InChI=1S/C14H8Cl2N2O/c15-11-5-2-6-12(13(11)16)18-14(19)10-4-1-3-9(7-10)8-17/h1-7H,(H,18,19). The molecule has 0 heterocycles. The molecule has 0 atom stereocenters. The first kappa shape index (κ1) is 13.4. The summed E-state index contributed by atoms with van der Waals surface area (Å²) in [7, 11) is 0. The molecule has 0 aliphatic rings. The van der Waals surface area contributed by atoms with E-state index in [0.717, 1.165) is 0 Å². The van der Waals surface area contributed by atoms with E-state index in [1.54, 1.807) is 36.4 Å². The SMILES string of the molecule is N#Cc1cccc(C(=O)Nc2cccc(Cl)c2Cl)c1. The van der Waals surface area contributed by atoms with Crippen molar-refractivity contribution in [3.63, 3.8) is 0 Å². The van der Waals surface area contributed by atoms with Crippen molar-refractivity contribution < 1.29 is 4.79 Å². The number of anilines is 1. The van der Waals surface area contributed by atoms with Crippen molar-refractivity contribution in [3.05, 3.63) is 63.6 Å². The van der Waals surface area contributed by atoms with Crippen LogP contribution in [0.15, 0.2) is 42.5 Å². The number of amides is 1. The predicted molar refractivity (Wildman–Crippen MR) is 75.6 cm³/mol. The van der Waals surface area contributed by atoms with Crippen molar-refractivity contribution in [1.82, 2.24) is 0 Å². The number of nitrogens with zero attached hydrogens (tertiary/aromatic N) is 1. The van der Waals surface area contributed by atoms with Crippen molar-refractivity contribution in [1.29, 1.82) is 5.26 Å². The maximum Gasteiger partial charge on any atom is 0.255 e. The molecular formula is C14H8Cl2N2O. The van der Waals surface area contributed by atoms with Crippen LogP contribution >= 0.6 is 23.2 Å². The number of hydrogen-bond donors (Lipinski definition) is 1. The third-order valence-corrected chi connectivity index (χ3v) is 3.27. The van der Waals surface area contributed by atoms with E-state index in [1.807, 2.05) is 6.07 Å². The topological polar surface area (TPSA) is 52.9 Å². The molecule has 0 aliphatic carbocycles. The van der Waals surface area contributed by atoms with Gasteiger partial charge in [0.2, 0.25) is 0 Å². The first-order chi connectivity index (χ1) is 9.11. The number of rotatable bonds is 2. The van der Waals surface area contributed by atoms with Crippen molar-refractivity contribution in [3.8, 4) is 6.07 Å². The van der Waals surface area contributed by atoms with E-state index >= 15 is 0 Å². The minimum atomic E-state index is -0.346. The highest BCUT2D eigenvalue weighted by molar-refractivity contribution is 6.44. The van der Waals surface area contributed by atoms with Gasteiger partial charge in [-0.2, -0.15) is 5.26 Å². The Hall–Kier alpha value is -2.02. The minimum absolute atomic E-state index is 0.286. The van der Waals surface area contributed by atoms with E-state index in [1.165, 1.54) is 6.07 Å². The van der Waals surface area contributed by atoms with Gasteiger partial charge in [0, 0.05) is 5.56 Å². The molecule has 2 rings (SSSR count). The fourth-order valence-corrected chi connectivity index (χ4v) is 1.87. The van der Waals surface area contributed by atoms with Crippen LogP contribution < -0.4 is 5.32 Å². The molecule has 0 radical (unpaired) electrons. The Morgan fingerprint density at radius 3 is 2.63 bits per heavy atom. The molecule has 0 bridgehead atoms. The third-order valence-electron chi connectivity index (χ3n) is 2.45. The van der Waals surface area contributed by atoms with Gasteiger partial charge >= 0.3 is 0 Å². The van der Waals surface area contributed by atoms with E-state index in [9.17, 15) is 4.79 Å². The molecule has 19 heavy (non-hydrogen) atoms. The summed E-state index contributed by atoms with van der Waals surface area (Å²) in [6.45, 7) is 0. The van der Waals surface area contributed by atoms with Gasteiger partial charge in [-0.05, 0) is 30.3 Å². The summed E-state index contributed by atoms with van der Waals surface area (Å²) < 4.78 is 0. The second kappa shape index (κ2) is 5.75. The van der Waals surface area contributed by atoms with E-state index in [4.69, 9.17) is 28.5 Å². The summed E-state index contributed by atoms with van der Waals surface area (Å²) in [5.74, 6) is -0.346. The zero-order valence-electron chi connectivity index (χ0n) is 9.65. The normalized spacial score (nSPS) is 9.74. The van der Waals surface area contributed by atoms with Crippen LogP contribution in [-0.2, 0) is 0 Å². The van der Waals surface area contributed by atoms with Gasteiger partial charge in [0.15, 0.2) is 0 Å². The maximum absolute atomic E-state index is 12.0. The van der Waals surface area contributed by atoms with E-state index in [0.29, 0.717) is 21.8 Å². The number of benzene rings is 2. The zero-order valence-corrected chi connectivity index (χ0v) is 11.2. The Labute approximate surface area is 120 Å². The molecule has 5 heteroatoms. The van der Waals surface area contributed by atoms with Gasteiger partial charge in [-0.3, -0.25) is 4.79 Å². The lowest BCUT2D eigenvalue weighted by Gasteiger charge is -2.08. The van der Waals surface area contributed by atoms with Crippen LogP contribution in [0.2, 0.25) is 10.0 Å². The summed E-state index contributed by atoms with van der Waals surface area (Å²) in [4.78, 5) is 12.0. The minimum Gasteiger partial charge on any atom is -0.321 e. The van der Waals surface area contributed by atoms with Crippen LogP contribution in [0.5, 0.6) is 0 Å². The molecule has 0 aromatic heterocycles. The zero-order chi connectivity index (χ0) is 13.8. The largest absolute Gasteiger partial charge is 0.321 e. The van der Waals surface area contributed by atoms with Crippen LogP contribution in [0.3, 0.4) is 0 Å². The number of carbonyl (C=O) groups excluding carboxylic acids is 1. The number of hydrogen-bond acceptors (Lipinski definition) is 2. The van der Waals surface area contributed by atoms with Crippen LogP contribution in [0, 0.1) is 11.3 Å². The monoisotopic (exact) mass is 290 g/mol. The van der Waals surface area contributed by atoms with Crippen LogP contribution in [0.1, 0.15) is 15.9 Å². The van der Waals surface area contributed by atoms with Gasteiger partial charge in [-0.1, -0.05) is 35.3 Å². The Kier molecular flexibility index (Phi) is 4.06. The van der Waals surface area contributed by atoms with Crippen molar-refractivity contribution in [2.75, 3.05) is 5.32 Å². The van der Waals surface area contributed by atoms with Gasteiger partial charge in [-0.15, -0.1) is 0 Å². The Morgan fingerprint density at radius 1 is 1.16 bits per heavy atom. The molecule has 0 aliphatic heterocycles. The molecule has 0 saturated heterocycles. The van der Waals surface area contributed by atoms with E-state index < -0.39 is 0 Å². The lowest BCUT2D eigenvalue weighted by atomic mass is 10.1. The molecular weight excluding hydrogens is 283 g/mol. The average molecular weight is 291 g/mol. The van der Waals surface area contributed by atoms with Gasteiger partial charge in [0.1, 0.15) is 0 Å². The van der Waals surface area contributed by atoms with Gasteiger partial charge in [0.25, 0.3) is 5.91 Å². The van der Waals surface area contributed by atoms with Crippen LogP contribution in [-0.4, -0.2) is 5.91 Å². The fourth-order valence-electron chi connectivity index (χ4n) is 1.52. The Balaban J connectivity index is 2.26. The second-order valence-corrected chi connectivity index (χ2v) is 4.53. The summed E-state index contributed by atoms with van der Waals surface area (Å²) >= 11 is 11.8. The molecule has 2 aromatic carbocycles. The van der Waals surface area contributed by atoms with Crippen LogP contribution in [0.4, 0.5) is 5.69 Å². The molecule has 1 N–H and O–H groups in total. The molecule has 3 nitrogen and oxygen atoms in total. The van der Waals surface area contributed by atoms with Gasteiger partial charge in [0.05, 0.1) is 27.4 Å². The van der Waals surface area contributed by atoms with Crippen molar-refractivity contribution >= 4 is 34.8 Å². The van der Waals surface area contributed by atoms with E-state index in [-0.39, 0.29) is 10.9 Å². The van der Waals surface area contributed by atoms with E-state index in [2.05, 4.69) is 5.32 Å². The molecule has 0 spiro atoms. The highest BCUT2D eigenvalue weighted by atomic mass is 35.5. The van der Waals surface area contributed by atoms with Crippen molar-refractivity contribution in [2.24, 2.45) is 0 Å². The molecule has 0 saturated carbocycles. The van der Waals surface area contributed by atoms with Crippen molar-refractivity contribution in [2.45, 2.75) is 0 Å². The first-order valence-electron chi connectivity index (χ1n) is 5.37. The summed E-state index contributed by atoms with van der Waals surface area (Å²) in [5.41, 5.74) is 1.24. The molecule has 1 amide bonds. The lowest BCUT2D eigenvalue weighted by molar-refractivity contribution is 0.102. The molecule has 0 fully saturated rings. The molecule has 2 aromatic rings. The first-order valence-corrected chi connectivity index (χ1v) is 6.13. The average Bonchev–Trinajstić information content (AvgIpc) is 2.44. The lowest BCUT2D eigenvalue weighted by Crippen LogP contribution is -2.12. The summed E-state index contributed by atoms with van der Waals surface area (Å²) in [6, 6.07) is 13.4. The highest BCUT2D eigenvalue weighted by Crippen LogP contribution is 2.29. The third kappa shape index (κ3) is 3.05. The summed E-state index contributed by atoms with van der Waals surface area (Å²) in [5, 5.41) is 12.1. The quantitative estimate of drug-likeness (QED) is 0.905. The highest BCUT2D eigenvalue weighted by Gasteiger charge is 2.10. The summed E-state index contributed by atoms with van der Waals surface area (Å²) in [6.07, 6.45) is 0. The molecule has 94 valence electrons. The Morgan fingerprint density at radius 2 is 1.89 bits per heavy atom.